The van der Waals surface area contributed by atoms with E-state index in [1.54, 1.807) is 25.6 Å². The summed E-state index contributed by atoms with van der Waals surface area (Å²) in [6.07, 6.45) is 0. The zero-order valence-electron chi connectivity index (χ0n) is 10.6. The quantitative estimate of drug-likeness (QED) is 0.647. The predicted molar refractivity (Wildman–Crippen MR) is 80.7 cm³/mol. The van der Waals surface area contributed by atoms with Crippen LogP contribution in [0.1, 0.15) is 16.5 Å². The van der Waals surface area contributed by atoms with Crippen molar-refractivity contribution in [3.63, 3.8) is 0 Å². The standard InChI is InChI=1S/C13H15BrN2O2S/c1-17-8-3-4-11(18-2)9(7-8)12(16-15)13-10(14)5-6-19-13/h3-7,12,16H,15H2,1-2H3. The van der Waals surface area contributed by atoms with E-state index >= 15 is 0 Å². The largest absolute Gasteiger partial charge is 0.497 e. The molecular formula is C13H15BrN2O2S. The second-order valence-electron chi connectivity index (χ2n) is 3.84. The number of benzene rings is 1. The first-order valence-electron chi connectivity index (χ1n) is 5.62. The Morgan fingerprint density at radius 2 is 2.05 bits per heavy atom. The molecule has 0 amide bonds. The molecule has 2 aromatic rings. The van der Waals surface area contributed by atoms with Crippen LogP contribution in [0.15, 0.2) is 34.1 Å². The lowest BCUT2D eigenvalue weighted by atomic mass is 10.0. The molecule has 1 atom stereocenters. The van der Waals surface area contributed by atoms with Crippen molar-refractivity contribution in [3.05, 3.63) is 44.6 Å². The lowest BCUT2D eigenvalue weighted by Gasteiger charge is -2.19. The second-order valence-corrected chi connectivity index (χ2v) is 5.64. The highest BCUT2D eigenvalue weighted by atomic mass is 79.9. The summed E-state index contributed by atoms with van der Waals surface area (Å²) in [5.41, 5.74) is 3.77. The lowest BCUT2D eigenvalue weighted by Crippen LogP contribution is -2.28. The van der Waals surface area contributed by atoms with Crippen molar-refractivity contribution in [1.82, 2.24) is 5.43 Å². The Bertz CT molecular complexity index is 559. The van der Waals surface area contributed by atoms with Gasteiger partial charge in [-0.1, -0.05) is 0 Å². The molecule has 0 aliphatic heterocycles. The maximum atomic E-state index is 5.72. The molecule has 2 rings (SSSR count). The molecule has 19 heavy (non-hydrogen) atoms. The maximum absolute atomic E-state index is 5.72. The average Bonchev–Trinajstić information content (AvgIpc) is 2.86. The minimum absolute atomic E-state index is 0.153. The fourth-order valence-electron chi connectivity index (χ4n) is 1.88. The van der Waals surface area contributed by atoms with E-state index in [1.165, 1.54) is 0 Å². The first kappa shape index (κ1) is 14.3. The van der Waals surface area contributed by atoms with Crippen molar-refractivity contribution in [2.24, 2.45) is 5.84 Å². The summed E-state index contributed by atoms with van der Waals surface area (Å²) in [5.74, 6) is 7.25. The van der Waals surface area contributed by atoms with Gasteiger partial charge in [0.25, 0.3) is 0 Å². The molecule has 0 radical (unpaired) electrons. The van der Waals surface area contributed by atoms with Gasteiger partial charge in [0, 0.05) is 14.9 Å². The number of ether oxygens (including phenoxy) is 2. The second kappa shape index (κ2) is 6.38. The van der Waals surface area contributed by atoms with Gasteiger partial charge in [-0.25, -0.2) is 5.43 Å². The number of halogens is 1. The van der Waals surface area contributed by atoms with Gasteiger partial charge in [0.2, 0.25) is 0 Å². The van der Waals surface area contributed by atoms with Gasteiger partial charge < -0.3 is 9.47 Å². The van der Waals surface area contributed by atoms with Crippen molar-refractivity contribution in [2.45, 2.75) is 6.04 Å². The fourth-order valence-corrected chi connectivity index (χ4v) is 3.56. The van der Waals surface area contributed by atoms with Crippen LogP contribution < -0.4 is 20.7 Å². The van der Waals surface area contributed by atoms with Crippen LogP contribution in [0.3, 0.4) is 0 Å². The Labute approximate surface area is 124 Å². The average molecular weight is 343 g/mol. The van der Waals surface area contributed by atoms with E-state index in [1.807, 2.05) is 29.6 Å². The SMILES string of the molecule is COc1ccc(OC)c(C(NN)c2sccc2Br)c1. The summed E-state index contributed by atoms with van der Waals surface area (Å²) in [5, 5.41) is 2.01. The molecule has 0 bridgehead atoms. The zero-order valence-corrected chi connectivity index (χ0v) is 13.0. The van der Waals surface area contributed by atoms with Crippen LogP contribution in [0.4, 0.5) is 0 Å². The van der Waals surface area contributed by atoms with Crippen LogP contribution in [0.5, 0.6) is 11.5 Å². The molecule has 3 N–H and O–H groups in total. The minimum atomic E-state index is -0.153. The number of thiophene rings is 1. The van der Waals surface area contributed by atoms with Crippen LogP contribution in [0, 0.1) is 0 Å². The molecule has 0 saturated carbocycles. The minimum Gasteiger partial charge on any atom is -0.497 e. The van der Waals surface area contributed by atoms with E-state index in [0.717, 1.165) is 26.4 Å². The maximum Gasteiger partial charge on any atom is 0.124 e. The highest BCUT2D eigenvalue weighted by Gasteiger charge is 2.21. The molecule has 1 heterocycles. The van der Waals surface area contributed by atoms with Gasteiger partial charge >= 0.3 is 0 Å². The molecule has 0 aliphatic carbocycles. The first-order valence-corrected chi connectivity index (χ1v) is 7.29. The summed E-state index contributed by atoms with van der Waals surface area (Å²) >= 11 is 5.15. The van der Waals surface area contributed by atoms with E-state index in [0.29, 0.717) is 0 Å². The smallest absolute Gasteiger partial charge is 0.124 e. The third kappa shape index (κ3) is 2.92. The molecule has 1 aromatic heterocycles. The summed E-state index contributed by atoms with van der Waals surface area (Å²) in [6.45, 7) is 0. The zero-order chi connectivity index (χ0) is 13.8. The van der Waals surface area contributed by atoms with E-state index in [9.17, 15) is 0 Å². The first-order chi connectivity index (χ1) is 9.21. The Balaban J connectivity index is 2.51. The monoisotopic (exact) mass is 342 g/mol. The van der Waals surface area contributed by atoms with Gasteiger partial charge in [-0.15, -0.1) is 11.3 Å². The van der Waals surface area contributed by atoms with Crippen molar-refractivity contribution in [3.8, 4) is 11.5 Å². The third-order valence-electron chi connectivity index (χ3n) is 2.82. The topological polar surface area (TPSA) is 56.5 Å². The highest BCUT2D eigenvalue weighted by molar-refractivity contribution is 9.10. The molecule has 4 nitrogen and oxygen atoms in total. The number of hydrogen-bond acceptors (Lipinski definition) is 5. The van der Waals surface area contributed by atoms with E-state index in [-0.39, 0.29) is 6.04 Å². The van der Waals surface area contributed by atoms with Crippen LogP contribution in [0.2, 0.25) is 0 Å². The third-order valence-corrected chi connectivity index (χ3v) is 4.76. The highest BCUT2D eigenvalue weighted by Crippen LogP contribution is 2.37. The molecule has 1 unspecified atom stereocenters. The van der Waals surface area contributed by atoms with Crippen LogP contribution >= 0.6 is 27.3 Å². The van der Waals surface area contributed by atoms with Gasteiger partial charge in [-0.05, 0) is 45.6 Å². The van der Waals surface area contributed by atoms with Gasteiger partial charge in [-0.3, -0.25) is 5.84 Å². The number of nitrogens with two attached hydrogens (primary N) is 1. The summed E-state index contributed by atoms with van der Waals surface area (Å²) in [7, 11) is 3.28. The molecule has 0 fully saturated rings. The van der Waals surface area contributed by atoms with Gasteiger partial charge in [0.15, 0.2) is 0 Å². The summed E-state index contributed by atoms with van der Waals surface area (Å²) in [6, 6.07) is 7.51. The summed E-state index contributed by atoms with van der Waals surface area (Å²) < 4.78 is 11.7. The van der Waals surface area contributed by atoms with Crippen molar-refractivity contribution in [1.29, 1.82) is 0 Å². The number of hydrazine groups is 1. The van der Waals surface area contributed by atoms with Gasteiger partial charge in [-0.2, -0.15) is 0 Å². The van der Waals surface area contributed by atoms with Crippen LogP contribution in [-0.2, 0) is 0 Å². The van der Waals surface area contributed by atoms with Crippen molar-refractivity contribution >= 4 is 27.3 Å². The van der Waals surface area contributed by atoms with Crippen LogP contribution in [0.25, 0.3) is 0 Å². The van der Waals surface area contributed by atoms with Gasteiger partial charge in [0.1, 0.15) is 11.5 Å². The Morgan fingerprint density at radius 1 is 1.26 bits per heavy atom. The lowest BCUT2D eigenvalue weighted by molar-refractivity contribution is 0.394. The number of rotatable bonds is 5. The number of nitrogens with one attached hydrogen (secondary N) is 1. The Morgan fingerprint density at radius 3 is 2.58 bits per heavy atom. The number of hydrogen-bond donors (Lipinski definition) is 2. The predicted octanol–water partition coefficient (Wildman–Crippen LogP) is 3.08. The Hall–Kier alpha value is -1.08. The molecule has 0 spiro atoms. The molecular weight excluding hydrogens is 328 g/mol. The van der Waals surface area contributed by atoms with Crippen LogP contribution in [-0.4, -0.2) is 14.2 Å². The van der Waals surface area contributed by atoms with Gasteiger partial charge in [0.05, 0.1) is 20.3 Å². The van der Waals surface area contributed by atoms with Crippen molar-refractivity contribution in [2.75, 3.05) is 14.2 Å². The van der Waals surface area contributed by atoms with E-state index in [4.69, 9.17) is 15.3 Å². The molecule has 6 heteroatoms. The molecule has 0 saturated heterocycles. The van der Waals surface area contributed by atoms with Crippen molar-refractivity contribution < 1.29 is 9.47 Å². The molecule has 0 aliphatic rings. The normalized spacial score (nSPS) is 12.2. The number of methoxy groups -OCH3 is 2. The van der Waals surface area contributed by atoms with E-state index < -0.39 is 0 Å². The Kier molecular flexibility index (Phi) is 4.81. The molecule has 102 valence electrons. The molecule has 1 aromatic carbocycles. The van der Waals surface area contributed by atoms with E-state index in [2.05, 4.69) is 21.4 Å². The summed E-state index contributed by atoms with van der Waals surface area (Å²) in [4.78, 5) is 1.09. The fraction of sp³-hybridized carbons (Fsp3) is 0.231.